The molecule has 0 radical (unpaired) electrons. The largest absolute Gasteiger partial charge is 0.481 e. The van der Waals surface area contributed by atoms with Crippen LogP contribution in [0.25, 0.3) is 0 Å². The number of carbonyl (C=O) groups is 1. The van der Waals surface area contributed by atoms with E-state index in [9.17, 15) is 21.6 Å². The Bertz CT molecular complexity index is 731. The van der Waals surface area contributed by atoms with Gasteiger partial charge in [0.05, 0.1) is 16.6 Å². The number of hydrogen-bond donors (Lipinski definition) is 2. The Morgan fingerprint density at radius 2 is 1.78 bits per heavy atom. The van der Waals surface area contributed by atoms with Gasteiger partial charge in [-0.3, -0.25) is 4.79 Å². The summed E-state index contributed by atoms with van der Waals surface area (Å²) < 4.78 is 51.1. The Hall–Kier alpha value is -1.49. The van der Waals surface area contributed by atoms with Gasteiger partial charge in [-0.25, -0.2) is 25.9 Å². The van der Waals surface area contributed by atoms with E-state index in [1.54, 1.807) is 18.2 Å². The number of carboxylic acids is 1. The summed E-state index contributed by atoms with van der Waals surface area (Å²) in [4.78, 5) is 10.8. The highest BCUT2D eigenvalue weighted by Gasteiger charge is 2.23. The summed E-state index contributed by atoms with van der Waals surface area (Å²) in [6, 6.07) is 7.59. The van der Waals surface area contributed by atoms with Crippen molar-refractivity contribution in [3.8, 4) is 0 Å². The first-order valence-corrected chi connectivity index (χ1v) is 9.87. The van der Waals surface area contributed by atoms with Crippen LogP contribution in [-0.4, -0.2) is 58.1 Å². The van der Waals surface area contributed by atoms with Gasteiger partial charge in [-0.1, -0.05) is 25.1 Å². The topological polar surface area (TPSA) is 121 Å². The van der Waals surface area contributed by atoms with Gasteiger partial charge in [0, 0.05) is 20.1 Å². The number of nitrogens with zero attached hydrogens (tertiary/aromatic N) is 1. The van der Waals surface area contributed by atoms with Crippen LogP contribution in [-0.2, 0) is 24.8 Å². The van der Waals surface area contributed by atoms with E-state index in [-0.39, 0.29) is 18.0 Å². The number of nitrogens with one attached hydrogen (secondary N) is 1. The number of carboxylic acid groups (broad SMARTS) is 1. The van der Waals surface area contributed by atoms with E-state index < -0.39 is 37.7 Å². The van der Waals surface area contributed by atoms with Crippen molar-refractivity contribution in [1.29, 1.82) is 0 Å². The summed E-state index contributed by atoms with van der Waals surface area (Å²) in [5, 5.41) is 8.79. The number of hydrogen-bond acceptors (Lipinski definition) is 5. The molecule has 0 fully saturated rings. The zero-order valence-corrected chi connectivity index (χ0v) is 14.5. The first-order valence-electron chi connectivity index (χ1n) is 6.78. The maximum atomic E-state index is 12.0. The third kappa shape index (κ3) is 5.90. The van der Waals surface area contributed by atoms with Crippen LogP contribution in [0.15, 0.2) is 35.2 Å². The van der Waals surface area contributed by atoms with Gasteiger partial charge in [0.2, 0.25) is 20.0 Å². The number of sulfonamides is 2. The van der Waals surface area contributed by atoms with E-state index in [0.717, 1.165) is 4.31 Å². The SMILES string of the molecule is CC(CN(C)S(=O)(=O)CCNS(=O)(=O)c1ccccc1)C(=O)O. The molecular formula is C13H20N2O6S2. The van der Waals surface area contributed by atoms with E-state index >= 15 is 0 Å². The van der Waals surface area contributed by atoms with Crippen molar-refractivity contribution >= 4 is 26.0 Å². The van der Waals surface area contributed by atoms with Crippen molar-refractivity contribution in [1.82, 2.24) is 9.03 Å². The Morgan fingerprint density at radius 1 is 1.22 bits per heavy atom. The minimum absolute atomic E-state index is 0.0465. The predicted molar refractivity (Wildman–Crippen MR) is 84.8 cm³/mol. The fourth-order valence-corrected chi connectivity index (χ4v) is 4.03. The van der Waals surface area contributed by atoms with Crippen molar-refractivity contribution in [2.45, 2.75) is 11.8 Å². The summed E-state index contributed by atoms with van der Waals surface area (Å²) in [6.07, 6.45) is 0. The molecule has 0 saturated carbocycles. The van der Waals surface area contributed by atoms with E-state index in [1.165, 1.54) is 26.1 Å². The van der Waals surface area contributed by atoms with Crippen molar-refractivity contribution in [2.75, 3.05) is 25.9 Å². The smallest absolute Gasteiger partial charge is 0.307 e. The fourth-order valence-electron chi connectivity index (χ4n) is 1.72. The lowest BCUT2D eigenvalue weighted by Crippen LogP contribution is -2.38. The molecule has 0 aliphatic rings. The molecule has 0 amide bonds. The molecule has 130 valence electrons. The molecule has 1 atom stereocenters. The summed E-state index contributed by atoms with van der Waals surface area (Å²) >= 11 is 0. The zero-order chi connectivity index (χ0) is 17.7. The monoisotopic (exact) mass is 364 g/mol. The van der Waals surface area contributed by atoms with Crippen LogP contribution in [0.3, 0.4) is 0 Å². The molecule has 0 aliphatic heterocycles. The van der Waals surface area contributed by atoms with Crippen LogP contribution >= 0.6 is 0 Å². The van der Waals surface area contributed by atoms with E-state index in [0.29, 0.717) is 0 Å². The molecule has 0 saturated heterocycles. The third-order valence-electron chi connectivity index (χ3n) is 3.13. The molecule has 10 heteroatoms. The van der Waals surface area contributed by atoms with Crippen molar-refractivity contribution in [3.63, 3.8) is 0 Å². The average molecular weight is 364 g/mol. The molecule has 1 unspecified atom stereocenters. The molecule has 0 aromatic heterocycles. The maximum absolute atomic E-state index is 12.0. The Balaban J connectivity index is 2.62. The zero-order valence-electron chi connectivity index (χ0n) is 12.8. The van der Waals surface area contributed by atoms with E-state index in [2.05, 4.69) is 4.72 Å². The Kier molecular flexibility index (Phi) is 6.69. The lowest BCUT2D eigenvalue weighted by atomic mass is 10.2. The third-order valence-corrected chi connectivity index (χ3v) is 6.43. The van der Waals surface area contributed by atoms with E-state index in [1.807, 2.05) is 0 Å². The van der Waals surface area contributed by atoms with Crippen LogP contribution in [0, 0.1) is 5.92 Å². The van der Waals surface area contributed by atoms with Crippen LogP contribution < -0.4 is 4.72 Å². The van der Waals surface area contributed by atoms with Gasteiger partial charge in [0.15, 0.2) is 0 Å². The second-order valence-corrected chi connectivity index (χ2v) is 9.01. The molecule has 1 aromatic rings. The van der Waals surface area contributed by atoms with E-state index in [4.69, 9.17) is 5.11 Å². The summed E-state index contributed by atoms with van der Waals surface area (Å²) in [5.41, 5.74) is 0. The molecule has 0 spiro atoms. The van der Waals surface area contributed by atoms with Gasteiger partial charge >= 0.3 is 5.97 Å². The molecule has 0 heterocycles. The highest BCUT2D eigenvalue weighted by atomic mass is 32.2. The minimum Gasteiger partial charge on any atom is -0.481 e. The van der Waals surface area contributed by atoms with Gasteiger partial charge < -0.3 is 5.11 Å². The standard InChI is InChI=1S/C13H20N2O6S2/c1-11(13(16)17)10-15(2)22(18,19)9-8-14-23(20,21)12-6-4-3-5-7-12/h3-7,11,14H,8-10H2,1-2H3,(H,16,17). The second-order valence-electron chi connectivity index (χ2n) is 5.05. The predicted octanol–water partition coefficient (Wildman–Crippen LogP) is -0.0528. The minimum atomic E-state index is -3.77. The number of rotatable bonds is 9. The number of benzene rings is 1. The molecule has 0 bridgehead atoms. The summed E-state index contributed by atoms with van der Waals surface area (Å²) in [7, 11) is -6.26. The quantitative estimate of drug-likeness (QED) is 0.634. The maximum Gasteiger partial charge on any atom is 0.307 e. The molecule has 2 N–H and O–H groups in total. The Morgan fingerprint density at radius 3 is 2.30 bits per heavy atom. The second kappa shape index (κ2) is 7.86. The normalized spacial score (nSPS) is 13.9. The first kappa shape index (κ1) is 19.6. The van der Waals surface area contributed by atoms with Crippen molar-refractivity contribution in [3.05, 3.63) is 30.3 Å². The van der Waals surface area contributed by atoms with Crippen LogP contribution in [0.1, 0.15) is 6.92 Å². The van der Waals surface area contributed by atoms with Gasteiger partial charge in [-0.05, 0) is 12.1 Å². The van der Waals surface area contributed by atoms with Crippen LogP contribution in [0.4, 0.5) is 0 Å². The lowest BCUT2D eigenvalue weighted by Gasteiger charge is -2.19. The Labute approximate surface area is 136 Å². The highest BCUT2D eigenvalue weighted by Crippen LogP contribution is 2.08. The van der Waals surface area contributed by atoms with Crippen LogP contribution in [0.5, 0.6) is 0 Å². The summed E-state index contributed by atoms with van der Waals surface area (Å²) in [5.74, 6) is -2.41. The first-order chi connectivity index (χ1) is 10.6. The van der Waals surface area contributed by atoms with Gasteiger partial charge in [0.25, 0.3) is 0 Å². The molecule has 1 aromatic carbocycles. The average Bonchev–Trinajstić information content (AvgIpc) is 2.47. The molecule has 8 nitrogen and oxygen atoms in total. The van der Waals surface area contributed by atoms with Crippen molar-refractivity contribution in [2.24, 2.45) is 5.92 Å². The molecule has 1 rings (SSSR count). The lowest BCUT2D eigenvalue weighted by molar-refractivity contribution is -0.141. The van der Waals surface area contributed by atoms with Gasteiger partial charge in [-0.2, -0.15) is 0 Å². The van der Waals surface area contributed by atoms with Crippen molar-refractivity contribution < 1.29 is 26.7 Å². The fraction of sp³-hybridized carbons (Fsp3) is 0.462. The van der Waals surface area contributed by atoms with Gasteiger partial charge in [0.1, 0.15) is 0 Å². The highest BCUT2D eigenvalue weighted by molar-refractivity contribution is 7.90. The summed E-state index contributed by atoms with van der Waals surface area (Å²) in [6.45, 7) is 0.918. The molecular weight excluding hydrogens is 344 g/mol. The van der Waals surface area contributed by atoms with Gasteiger partial charge in [-0.15, -0.1) is 0 Å². The molecule has 0 aliphatic carbocycles. The number of aliphatic carboxylic acids is 1. The van der Waals surface area contributed by atoms with Crippen LogP contribution in [0.2, 0.25) is 0 Å². The molecule has 23 heavy (non-hydrogen) atoms.